The number of ether oxygens (including phenoxy) is 1. The van der Waals surface area contributed by atoms with E-state index in [1.54, 1.807) is 6.20 Å². The number of nitrogens with one attached hydrogen (secondary N) is 1. The molecule has 4 heterocycles. The lowest BCUT2D eigenvalue weighted by molar-refractivity contribution is 0.134. The van der Waals surface area contributed by atoms with E-state index >= 15 is 0 Å². The molecule has 0 amide bonds. The van der Waals surface area contributed by atoms with E-state index in [9.17, 15) is 9.65 Å². The third-order valence-electron chi connectivity index (χ3n) is 7.50. The van der Waals surface area contributed by atoms with Crippen molar-refractivity contribution >= 4 is 16.6 Å². The molecular weight excluding hydrogens is 429 g/mol. The van der Waals surface area contributed by atoms with E-state index in [0.29, 0.717) is 37.2 Å². The fourth-order valence-corrected chi connectivity index (χ4v) is 5.81. The number of nitriles is 1. The second-order valence-electron chi connectivity index (χ2n) is 9.70. The first-order valence-corrected chi connectivity index (χ1v) is 12.0. The molecule has 7 heteroatoms. The van der Waals surface area contributed by atoms with Gasteiger partial charge in [-0.15, -0.1) is 0 Å². The Kier molecular flexibility index (Phi) is 5.35. The molecular formula is C27H28FN5O. The van der Waals surface area contributed by atoms with Gasteiger partial charge in [-0.3, -0.25) is 9.88 Å². The summed E-state index contributed by atoms with van der Waals surface area (Å²) in [6.45, 7) is 5.92. The van der Waals surface area contributed by atoms with Crippen LogP contribution < -0.4 is 15.0 Å². The highest BCUT2D eigenvalue weighted by Crippen LogP contribution is 2.42. The molecule has 0 aliphatic carbocycles. The average Bonchev–Trinajstić information content (AvgIpc) is 3.45. The average molecular weight is 458 g/mol. The number of aromatic nitrogens is 1. The van der Waals surface area contributed by atoms with Crippen molar-refractivity contribution in [1.29, 1.82) is 5.26 Å². The Hall–Kier alpha value is -3.21. The van der Waals surface area contributed by atoms with E-state index in [0.717, 1.165) is 42.0 Å². The summed E-state index contributed by atoms with van der Waals surface area (Å²) in [6.07, 6.45) is 1.50. The second kappa shape index (κ2) is 8.53. The van der Waals surface area contributed by atoms with Gasteiger partial charge in [0.1, 0.15) is 24.6 Å². The van der Waals surface area contributed by atoms with Crippen LogP contribution in [0.3, 0.4) is 0 Å². The summed E-state index contributed by atoms with van der Waals surface area (Å²) >= 11 is 0. The van der Waals surface area contributed by atoms with E-state index in [2.05, 4.69) is 63.4 Å². The Morgan fingerprint density at radius 2 is 2.15 bits per heavy atom. The molecule has 0 unspecified atom stereocenters. The van der Waals surface area contributed by atoms with Gasteiger partial charge in [0, 0.05) is 55.5 Å². The standard InChI is InChI=1S/C27H28FN5O/c1-17-13-32(25-7-4-18(11-29)27-24(25)3-2-8-30-27)15-26-23-6-5-22(9-19(23)14-33(17)26)34-16-21-10-20(28)12-31-21/h2-9,17,20-21,26,31H,10,12-16H2,1H3/t17-,20+,21+,26-/m1/s1. The van der Waals surface area contributed by atoms with Crippen molar-refractivity contribution in [2.24, 2.45) is 0 Å². The zero-order chi connectivity index (χ0) is 23.2. The molecule has 2 saturated heterocycles. The van der Waals surface area contributed by atoms with Gasteiger partial charge in [-0.2, -0.15) is 5.26 Å². The van der Waals surface area contributed by atoms with Crippen LogP contribution in [0.5, 0.6) is 5.75 Å². The number of halogens is 1. The molecule has 3 aliphatic heterocycles. The molecule has 0 spiro atoms. The van der Waals surface area contributed by atoms with Crippen LogP contribution in [0.4, 0.5) is 10.1 Å². The molecule has 1 N–H and O–H groups in total. The van der Waals surface area contributed by atoms with Crippen molar-refractivity contribution in [2.45, 2.75) is 44.2 Å². The predicted molar refractivity (Wildman–Crippen MR) is 130 cm³/mol. The molecule has 0 saturated carbocycles. The molecule has 34 heavy (non-hydrogen) atoms. The topological polar surface area (TPSA) is 64.4 Å². The van der Waals surface area contributed by atoms with Gasteiger partial charge < -0.3 is 15.0 Å². The maximum atomic E-state index is 13.4. The van der Waals surface area contributed by atoms with E-state index < -0.39 is 6.17 Å². The second-order valence-corrected chi connectivity index (χ2v) is 9.70. The molecule has 0 radical (unpaired) electrons. The summed E-state index contributed by atoms with van der Waals surface area (Å²) in [4.78, 5) is 9.50. The smallest absolute Gasteiger partial charge is 0.119 e. The van der Waals surface area contributed by atoms with Crippen LogP contribution in [0, 0.1) is 11.3 Å². The minimum Gasteiger partial charge on any atom is -0.492 e. The highest BCUT2D eigenvalue weighted by molar-refractivity contribution is 5.95. The third kappa shape index (κ3) is 3.67. The lowest BCUT2D eigenvalue weighted by Gasteiger charge is -2.43. The van der Waals surface area contributed by atoms with E-state index in [4.69, 9.17) is 4.74 Å². The Morgan fingerprint density at radius 3 is 2.97 bits per heavy atom. The van der Waals surface area contributed by atoms with Gasteiger partial charge in [0.25, 0.3) is 0 Å². The van der Waals surface area contributed by atoms with Crippen molar-refractivity contribution in [3.63, 3.8) is 0 Å². The van der Waals surface area contributed by atoms with Gasteiger partial charge in [-0.05, 0) is 60.9 Å². The number of nitrogens with zero attached hydrogens (tertiary/aromatic N) is 4. The predicted octanol–water partition coefficient (Wildman–Crippen LogP) is 3.95. The van der Waals surface area contributed by atoms with Gasteiger partial charge in [-0.25, -0.2) is 4.39 Å². The number of anilines is 1. The quantitative estimate of drug-likeness (QED) is 0.640. The molecule has 6 nitrogen and oxygen atoms in total. The number of alkyl halides is 1. The van der Waals surface area contributed by atoms with E-state index in [1.807, 2.05) is 12.1 Å². The summed E-state index contributed by atoms with van der Waals surface area (Å²) in [5.74, 6) is 0.858. The largest absolute Gasteiger partial charge is 0.492 e. The van der Waals surface area contributed by atoms with Crippen LogP contribution in [0.2, 0.25) is 0 Å². The molecule has 174 valence electrons. The molecule has 1 aromatic heterocycles. The lowest BCUT2D eigenvalue weighted by Crippen LogP contribution is -2.51. The molecule has 0 bridgehead atoms. The highest BCUT2D eigenvalue weighted by Gasteiger charge is 2.39. The first-order valence-electron chi connectivity index (χ1n) is 12.0. The van der Waals surface area contributed by atoms with Crippen molar-refractivity contribution < 1.29 is 9.13 Å². The van der Waals surface area contributed by atoms with Gasteiger partial charge in [0.05, 0.1) is 17.1 Å². The van der Waals surface area contributed by atoms with Crippen LogP contribution in [-0.2, 0) is 6.54 Å². The number of hydrogen-bond acceptors (Lipinski definition) is 6. The monoisotopic (exact) mass is 457 g/mol. The minimum absolute atomic E-state index is 0.0832. The third-order valence-corrected chi connectivity index (χ3v) is 7.50. The van der Waals surface area contributed by atoms with Crippen molar-refractivity contribution in [3.05, 3.63) is 65.4 Å². The fourth-order valence-electron chi connectivity index (χ4n) is 5.81. The summed E-state index contributed by atoms with van der Waals surface area (Å²) in [7, 11) is 0. The highest BCUT2D eigenvalue weighted by atomic mass is 19.1. The Bertz CT molecular complexity index is 1270. The van der Waals surface area contributed by atoms with Crippen molar-refractivity contribution in [3.8, 4) is 11.8 Å². The van der Waals surface area contributed by atoms with Gasteiger partial charge in [0.15, 0.2) is 0 Å². The number of benzene rings is 2. The normalized spacial score (nSPS) is 26.3. The Labute approximate surface area is 198 Å². The molecule has 3 aliphatic rings. The van der Waals surface area contributed by atoms with Crippen molar-refractivity contribution in [1.82, 2.24) is 15.2 Å². The maximum Gasteiger partial charge on any atom is 0.119 e. The van der Waals surface area contributed by atoms with Crippen LogP contribution in [-0.4, -0.2) is 54.4 Å². The number of fused-ring (bicyclic) bond motifs is 4. The fraction of sp³-hybridized carbons (Fsp3) is 0.407. The molecule has 6 rings (SSSR count). The lowest BCUT2D eigenvalue weighted by atomic mass is 10.00. The van der Waals surface area contributed by atoms with Gasteiger partial charge >= 0.3 is 0 Å². The molecule has 2 fully saturated rings. The summed E-state index contributed by atoms with van der Waals surface area (Å²) in [5, 5.41) is 13.7. The van der Waals surface area contributed by atoms with Crippen molar-refractivity contribution in [2.75, 3.05) is 31.1 Å². The number of hydrogen-bond donors (Lipinski definition) is 1. The summed E-state index contributed by atoms with van der Waals surface area (Å²) in [6, 6.07) is 17.4. The molecule has 3 aromatic rings. The van der Waals surface area contributed by atoms with Crippen LogP contribution in [0.25, 0.3) is 10.9 Å². The molecule has 4 atom stereocenters. The SMILES string of the molecule is C[C@@H]1CN(c2ccc(C#N)c3ncccc23)C[C@@H]2c3ccc(OC[C@@H]4C[C@H](F)CN4)cc3CN12. The Morgan fingerprint density at radius 1 is 1.24 bits per heavy atom. The van der Waals surface area contributed by atoms with Gasteiger partial charge in [0.2, 0.25) is 0 Å². The number of pyridine rings is 1. The number of rotatable bonds is 4. The molecule has 2 aromatic carbocycles. The maximum absolute atomic E-state index is 13.4. The number of piperazine rings is 1. The minimum atomic E-state index is -0.766. The Balaban J connectivity index is 1.24. The zero-order valence-electron chi connectivity index (χ0n) is 19.2. The van der Waals surface area contributed by atoms with E-state index in [1.165, 1.54) is 11.1 Å². The first-order chi connectivity index (χ1) is 16.6. The van der Waals surface area contributed by atoms with Crippen LogP contribution in [0.15, 0.2) is 48.7 Å². The van der Waals surface area contributed by atoms with Crippen LogP contribution in [0.1, 0.15) is 36.1 Å². The zero-order valence-corrected chi connectivity index (χ0v) is 19.2. The van der Waals surface area contributed by atoms with Crippen LogP contribution >= 0.6 is 0 Å². The summed E-state index contributed by atoms with van der Waals surface area (Å²) < 4.78 is 19.4. The summed E-state index contributed by atoms with van der Waals surface area (Å²) in [5.41, 5.74) is 5.17. The van der Waals surface area contributed by atoms with E-state index in [-0.39, 0.29) is 6.04 Å². The first kappa shape index (κ1) is 21.3. The van der Waals surface area contributed by atoms with Gasteiger partial charge in [-0.1, -0.05) is 6.07 Å².